The van der Waals surface area contributed by atoms with E-state index in [2.05, 4.69) is 15.4 Å². The maximum Gasteiger partial charge on any atom is 0.416 e. The van der Waals surface area contributed by atoms with Gasteiger partial charge in [0, 0.05) is 13.1 Å². The lowest BCUT2D eigenvalue weighted by Gasteiger charge is -2.33. The van der Waals surface area contributed by atoms with Crippen molar-refractivity contribution >= 4 is 17.7 Å². The second-order valence-electron chi connectivity index (χ2n) is 9.14. The largest absolute Gasteiger partial charge is 0.530 e. The number of carbonyl (C=O) groups is 1. The zero-order valence-corrected chi connectivity index (χ0v) is 20.6. The first-order valence-corrected chi connectivity index (χ1v) is 11.5. The molecule has 1 aliphatic rings. The molecule has 4 rings (SSSR count). The normalized spacial score (nSPS) is 16.2. The van der Waals surface area contributed by atoms with Crippen LogP contribution in [0.1, 0.15) is 52.3 Å². The summed E-state index contributed by atoms with van der Waals surface area (Å²) in [6, 6.07) is 4.16. The number of aromatic nitrogens is 4. The molecule has 2 aromatic carbocycles. The quantitative estimate of drug-likeness (QED) is 0.450. The van der Waals surface area contributed by atoms with E-state index in [0.717, 1.165) is 15.3 Å². The van der Waals surface area contributed by atoms with Gasteiger partial charge in [-0.3, -0.25) is 0 Å². The highest BCUT2D eigenvalue weighted by Crippen LogP contribution is 2.42. The summed E-state index contributed by atoms with van der Waals surface area (Å²) in [5, 5.41) is 23.9. The molecule has 0 aliphatic carbocycles. The molecule has 3 aromatic rings. The SMILES string of the molecule is Cc1ccc2c(c1C)N(C(=O)[O-])CCC[C@@H]2N(Cc1cc(C(F)(F)F)cc(C(F)(F)F)c1)c1nnn(C)n1. The number of benzene rings is 2. The number of carboxylic acid groups (broad SMARTS) is 1. The van der Waals surface area contributed by atoms with Crippen LogP contribution in [-0.2, 0) is 25.9 Å². The van der Waals surface area contributed by atoms with Crippen LogP contribution in [-0.4, -0.2) is 32.8 Å². The number of halogens is 6. The highest BCUT2D eigenvalue weighted by atomic mass is 19.4. The van der Waals surface area contributed by atoms with Crippen molar-refractivity contribution in [1.82, 2.24) is 20.2 Å². The molecule has 0 fully saturated rings. The predicted octanol–water partition coefficient (Wildman–Crippen LogP) is 4.56. The van der Waals surface area contributed by atoms with Gasteiger partial charge in [-0.25, -0.2) is 0 Å². The maximum absolute atomic E-state index is 13.5. The fourth-order valence-electron chi connectivity index (χ4n) is 4.68. The zero-order valence-electron chi connectivity index (χ0n) is 20.6. The Morgan fingerprint density at radius 1 is 1.08 bits per heavy atom. The molecule has 0 saturated carbocycles. The molecule has 38 heavy (non-hydrogen) atoms. The van der Waals surface area contributed by atoms with Gasteiger partial charge in [-0.15, -0.1) is 5.10 Å². The molecule has 1 aliphatic heterocycles. The summed E-state index contributed by atoms with van der Waals surface area (Å²) in [5.74, 6) is -0.0328. The molecule has 1 aromatic heterocycles. The molecule has 8 nitrogen and oxygen atoms in total. The van der Waals surface area contributed by atoms with E-state index in [1.54, 1.807) is 26.0 Å². The van der Waals surface area contributed by atoms with E-state index in [9.17, 15) is 36.2 Å². The summed E-state index contributed by atoms with van der Waals surface area (Å²) in [6.07, 6.45) is -10.8. The van der Waals surface area contributed by atoms with Crippen LogP contribution >= 0.6 is 0 Å². The van der Waals surface area contributed by atoms with Crippen LogP contribution in [0.25, 0.3) is 0 Å². The Kier molecular flexibility index (Phi) is 7.01. The lowest BCUT2D eigenvalue weighted by molar-refractivity contribution is -0.246. The summed E-state index contributed by atoms with van der Waals surface area (Å²) >= 11 is 0. The van der Waals surface area contributed by atoms with E-state index < -0.39 is 42.2 Å². The minimum Gasteiger partial charge on any atom is -0.530 e. The molecule has 0 saturated heterocycles. The second kappa shape index (κ2) is 9.80. The number of nitrogens with zero attached hydrogens (tertiary/aromatic N) is 6. The minimum absolute atomic E-state index is 0.0328. The number of anilines is 2. The third-order valence-corrected chi connectivity index (χ3v) is 6.57. The first-order chi connectivity index (χ1) is 17.7. The summed E-state index contributed by atoms with van der Waals surface area (Å²) in [6.45, 7) is 3.20. The Hall–Kier alpha value is -3.84. The van der Waals surface area contributed by atoms with Gasteiger partial charge in [0.1, 0.15) is 6.09 Å². The summed E-state index contributed by atoms with van der Waals surface area (Å²) in [7, 11) is 1.47. The third kappa shape index (κ3) is 5.38. The maximum atomic E-state index is 13.5. The predicted molar refractivity (Wildman–Crippen MR) is 122 cm³/mol. The number of carbonyl (C=O) groups excluding carboxylic acids is 1. The van der Waals surface area contributed by atoms with E-state index in [1.807, 2.05) is 0 Å². The average Bonchev–Trinajstić information content (AvgIpc) is 3.15. The van der Waals surface area contributed by atoms with Crippen LogP contribution in [0.4, 0.5) is 42.8 Å². The van der Waals surface area contributed by atoms with E-state index >= 15 is 0 Å². The second-order valence-corrected chi connectivity index (χ2v) is 9.14. The number of hydrogen-bond donors (Lipinski definition) is 0. The number of fused-ring (bicyclic) bond motifs is 1. The van der Waals surface area contributed by atoms with E-state index in [0.29, 0.717) is 41.8 Å². The zero-order chi connectivity index (χ0) is 28.0. The van der Waals surface area contributed by atoms with Gasteiger partial charge in [-0.05, 0) is 72.4 Å². The summed E-state index contributed by atoms with van der Waals surface area (Å²) < 4.78 is 81.1. The third-order valence-electron chi connectivity index (χ3n) is 6.57. The van der Waals surface area contributed by atoms with Crippen LogP contribution in [0.5, 0.6) is 0 Å². The summed E-state index contributed by atoms with van der Waals surface area (Å²) in [4.78, 5) is 15.7. The number of rotatable bonds is 4. The van der Waals surface area contributed by atoms with Crippen molar-refractivity contribution in [2.24, 2.45) is 7.05 Å². The fourth-order valence-corrected chi connectivity index (χ4v) is 4.68. The Morgan fingerprint density at radius 2 is 1.71 bits per heavy atom. The van der Waals surface area contributed by atoms with Crippen molar-refractivity contribution in [3.8, 4) is 0 Å². The van der Waals surface area contributed by atoms with Crippen molar-refractivity contribution in [3.05, 3.63) is 63.7 Å². The van der Waals surface area contributed by atoms with Crippen molar-refractivity contribution in [2.75, 3.05) is 16.3 Å². The van der Waals surface area contributed by atoms with Gasteiger partial charge in [0.05, 0.1) is 29.9 Å². The van der Waals surface area contributed by atoms with Gasteiger partial charge in [0.25, 0.3) is 5.95 Å². The number of amides is 1. The monoisotopic (exact) mass is 541 g/mol. The summed E-state index contributed by atoms with van der Waals surface area (Å²) in [5.41, 5.74) is -0.829. The van der Waals surface area contributed by atoms with E-state index in [4.69, 9.17) is 0 Å². The van der Waals surface area contributed by atoms with E-state index in [-0.39, 0.29) is 24.1 Å². The smallest absolute Gasteiger partial charge is 0.416 e. The highest BCUT2D eigenvalue weighted by Gasteiger charge is 2.38. The van der Waals surface area contributed by atoms with Gasteiger partial charge in [0.2, 0.25) is 0 Å². The molecule has 14 heteroatoms. The lowest BCUT2D eigenvalue weighted by Crippen LogP contribution is -2.42. The van der Waals surface area contributed by atoms with Crippen molar-refractivity contribution in [2.45, 2.75) is 51.6 Å². The van der Waals surface area contributed by atoms with Crippen molar-refractivity contribution in [1.29, 1.82) is 0 Å². The standard InChI is InChI=1S/C24H24F6N6O2/c1-13-6-7-18-19(5-4-8-35(22(37)38)20(18)14(13)2)36(21-31-33-34(3)32-21)12-15-9-16(23(25,26)27)11-17(10-15)24(28,29)30/h6-7,9-11,19H,4-5,8,12H2,1-3H3,(H,37,38)/p-1/t19-/m0/s1. The van der Waals surface area contributed by atoms with Gasteiger partial charge >= 0.3 is 12.4 Å². The number of hydrogen-bond acceptors (Lipinski definition) is 6. The number of alkyl halides is 6. The van der Waals surface area contributed by atoms with Crippen LogP contribution in [0.2, 0.25) is 0 Å². The topological polar surface area (TPSA) is 90.2 Å². The highest BCUT2D eigenvalue weighted by molar-refractivity contribution is 5.88. The Balaban J connectivity index is 1.89. The Morgan fingerprint density at radius 3 is 2.24 bits per heavy atom. The van der Waals surface area contributed by atoms with Crippen molar-refractivity contribution in [3.63, 3.8) is 0 Å². The molecule has 0 N–H and O–H groups in total. The molecule has 204 valence electrons. The molecule has 0 spiro atoms. The van der Waals surface area contributed by atoms with Gasteiger partial charge in [0.15, 0.2) is 0 Å². The molecule has 1 amide bonds. The Labute approximate surface area is 213 Å². The molecule has 2 heterocycles. The van der Waals surface area contributed by atoms with Gasteiger partial charge in [-0.2, -0.15) is 31.1 Å². The lowest BCUT2D eigenvalue weighted by atomic mass is 9.94. The molecular weight excluding hydrogens is 518 g/mol. The number of aryl methyl sites for hydroxylation is 2. The minimum atomic E-state index is -5.01. The van der Waals surface area contributed by atoms with Gasteiger partial charge in [-0.1, -0.05) is 17.2 Å². The van der Waals surface area contributed by atoms with E-state index in [1.165, 1.54) is 11.9 Å². The van der Waals surface area contributed by atoms with Gasteiger partial charge < -0.3 is 19.7 Å². The van der Waals surface area contributed by atoms with Crippen LogP contribution in [0, 0.1) is 13.8 Å². The molecule has 0 unspecified atom stereocenters. The first kappa shape index (κ1) is 27.2. The van der Waals surface area contributed by atoms with Crippen LogP contribution in [0.3, 0.4) is 0 Å². The molecule has 1 atom stereocenters. The van der Waals surface area contributed by atoms with Crippen LogP contribution in [0.15, 0.2) is 30.3 Å². The Bertz CT molecular complexity index is 1320. The molecule has 0 bridgehead atoms. The fraction of sp³-hybridized carbons (Fsp3) is 0.417. The number of tetrazole rings is 1. The van der Waals surface area contributed by atoms with Crippen LogP contribution < -0.4 is 14.9 Å². The molecular formula is C24H23F6N6O2-. The molecule has 0 radical (unpaired) electrons. The average molecular weight is 541 g/mol. The first-order valence-electron chi connectivity index (χ1n) is 11.5. The van der Waals surface area contributed by atoms with Crippen molar-refractivity contribution < 1.29 is 36.2 Å².